The van der Waals surface area contributed by atoms with Crippen LogP contribution in [0.1, 0.15) is 32.5 Å². The van der Waals surface area contributed by atoms with Crippen molar-refractivity contribution in [2.24, 2.45) is 5.92 Å². The number of hydrogen-bond acceptors (Lipinski definition) is 6. The Morgan fingerprint density at radius 3 is 2.95 bits per heavy atom. The van der Waals surface area contributed by atoms with Crippen molar-refractivity contribution in [2.45, 2.75) is 45.8 Å². The van der Waals surface area contributed by atoms with Crippen LogP contribution in [0.2, 0.25) is 0 Å². The molecule has 21 heavy (non-hydrogen) atoms. The zero-order valence-electron chi connectivity index (χ0n) is 12.6. The summed E-state index contributed by atoms with van der Waals surface area (Å²) in [5.41, 5.74) is 0. The van der Waals surface area contributed by atoms with E-state index in [2.05, 4.69) is 27.3 Å². The van der Waals surface area contributed by atoms with Crippen molar-refractivity contribution in [3.05, 3.63) is 5.82 Å². The number of nitrogens with zero attached hydrogens (tertiary/aromatic N) is 5. The molecule has 0 spiro atoms. The van der Waals surface area contributed by atoms with E-state index in [1.54, 1.807) is 4.68 Å². The first kappa shape index (κ1) is 15.8. The molecule has 8 nitrogen and oxygen atoms in total. The largest absolute Gasteiger partial charge is 0.481 e. The molecule has 1 saturated heterocycles. The van der Waals surface area contributed by atoms with Gasteiger partial charge in [-0.25, -0.2) is 4.68 Å². The molecule has 0 aromatic carbocycles. The standard InChI is InChI=1S/C13H23N5O3/c1-3-5-6-18-12(14-15-16-18)7-17(4-2)11-9-21-8-10(11)13(19)20/h10-11H,3-9H2,1-2H3,(H,19,20). The van der Waals surface area contributed by atoms with E-state index in [1.807, 2.05) is 6.92 Å². The van der Waals surface area contributed by atoms with Crippen molar-refractivity contribution in [2.75, 3.05) is 19.8 Å². The minimum atomic E-state index is -0.804. The molecule has 118 valence electrons. The summed E-state index contributed by atoms with van der Waals surface area (Å²) in [6, 6.07) is -0.121. The van der Waals surface area contributed by atoms with Crippen LogP contribution in [0.3, 0.4) is 0 Å². The number of unbranched alkanes of at least 4 members (excludes halogenated alkanes) is 1. The predicted molar refractivity (Wildman–Crippen MR) is 74.5 cm³/mol. The van der Waals surface area contributed by atoms with Crippen LogP contribution < -0.4 is 0 Å². The summed E-state index contributed by atoms with van der Waals surface area (Å²) in [7, 11) is 0. The van der Waals surface area contributed by atoms with E-state index < -0.39 is 11.9 Å². The van der Waals surface area contributed by atoms with Crippen molar-refractivity contribution in [3.63, 3.8) is 0 Å². The van der Waals surface area contributed by atoms with E-state index in [9.17, 15) is 9.90 Å². The molecule has 2 unspecified atom stereocenters. The van der Waals surface area contributed by atoms with Crippen molar-refractivity contribution < 1.29 is 14.6 Å². The Kier molecular flexibility index (Phi) is 5.63. The van der Waals surface area contributed by atoms with Gasteiger partial charge in [0.2, 0.25) is 0 Å². The molecule has 2 rings (SSSR count). The smallest absolute Gasteiger partial charge is 0.310 e. The zero-order valence-corrected chi connectivity index (χ0v) is 12.6. The number of ether oxygens (including phenoxy) is 1. The van der Waals surface area contributed by atoms with Crippen LogP contribution in [0.4, 0.5) is 0 Å². The van der Waals surface area contributed by atoms with Crippen molar-refractivity contribution in [1.82, 2.24) is 25.1 Å². The first-order valence-electron chi connectivity index (χ1n) is 7.47. The maximum Gasteiger partial charge on any atom is 0.310 e. The number of carbonyl (C=O) groups is 1. The number of likely N-dealkylation sites (N-methyl/N-ethyl adjacent to an activating group) is 1. The maximum absolute atomic E-state index is 11.3. The molecule has 1 fully saturated rings. The maximum atomic E-state index is 11.3. The summed E-state index contributed by atoms with van der Waals surface area (Å²) in [5, 5.41) is 21.1. The molecule has 0 amide bonds. The minimum absolute atomic E-state index is 0.121. The number of tetrazole rings is 1. The van der Waals surface area contributed by atoms with Gasteiger partial charge >= 0.3 is 5.97 Å². The summed E-state index contributed by atoms with van der Waals surface area (Å²) in [6.07, 6.45) is 2.10. The lowest BCUT2D eigenvalue weighted by Gasteiger charge is -2.28. The Morgan fingerprint density at radius 2 is 2.29 bits per heavy atom. The van der Waals surface area contributed by atoms with Crippen LogP contribution in [0, 0.1) is 5.92 Å². The third-order valence-corrected chi connectivity index (χ3v) is 3.92. The number of carboxylic acids is 1. The normalized spacial score (nSPS) is 22.0. The van der Waals surface area contributed by atoms with Crippen LogP contribution in [-0.2, 0) is 22.6 Å². The lowest BCUT2D eigenvalue weighted by atomic mass is 10.0. The lowest BCUT2D eigenvalue weighted by molar-refractivity contribution is -0.143. The van der Waals surface area contributed by atoms with Crippen LogP contribution >= 0.6 is 0 Å². The fourth-order valence-electron chi connectivity index (χ4n) is 2.60. The molecular formula is C13H23N5O3. The van der Waals surface area contributed by atoms with Gasteiger partial charge in [0.05, 0.1) is 25.7 Å². The number of aryl methyl sites for hydroxylation is 1. The summed E-state index contributed by atoms with van der Waals surface area (Å²) < 4.78 is 7.15. The molecule has 0 aliphatic carbocycles. The highest BCUT2D eigenvalue weighted by Crippen LogP contribution is 2.21. The van der Waals surface area contributed by atoms with E-state index in [0.29, 0.717) is 13.2 Å². The molecule has 1 aliphatic heterocycles. The Morgan fingerprint density at radius 1 is 1.48 bits per heavy atom. The third-order valence-electron chi connectivity index (χ3n) is 3.92. The van der Waals surface area contributed by atoms with Gasteiger partial charge in [-0.15, -0.1) is 5.10 Å². The van der Waals surface area contributed by atoms with Crippen LogP contribution in [-0.4, -0.2) is 62.0 Å². The number of aliphatic carboxylic acids is 1. The lowest BCUT2D eigenvalue weighted by Crippen LogP contribution is -2.43. The van der Waals surface area contributed by atoms with E-state index in [1.165, 1.54) is 0 Å². The molecule has 0 saturated carbocycles. The highest BCUT2D eigenvalue weighted by atomic mass is 16.5. The van der Waals surface area contributed by atoms with Gasteiger partial charge in [-0.05, 0) is 23.4 Å². The van der Waals surface area contributed by atoms with E-state index in [4.69, 9.17) is 4.74 Å². The van der Waals surface area contributed by atoms with Crippen molar-refractivity contribution >= 4 is 5.97 Å². The minimum Gasteiger partial charge on any atom is -0.481 e. The molecule has 0 radical (unpaired) electrons. The molecule has 1 aromatic heterocycles. The Hall–Kier alpha value is -1.54. The molecular weight excluding hydrogens is 274 g/mol. The highest BCUT2D eigenvalue weighted by Gasteiger charge is 2.37. The first-order valence-corrected chi connectivity index (χ1v) is 7.47. The summed E-state index contributed by atoms with van der Waals surface area (Å²) in [4.78, 5) is 13.4. The second kappa shape index (κ2) is 7.46. The molecule has 0 bridgehead atoms. The zero-order chi connectivity index (χ0) is 15.2. The van der Waals surface area contributed by atoms with Gasteiger partial charge in [0.15, 0.2) is 5.82 Å². The van der Waals surface area contributed by atoms with Crippen LogP contribution in [0.5, 0.6) is 0 Å². The van der Waals surface area contributed by atoms with Crippen molar-refractivity contribution in [3.8, 4) is 0 Å². The number of aromatic nitrogens is 4. The Balaban J connectivity index is 2.05. The van der Waals surface area contributed by atoms with Gasteiger partial charge < -0.3 is 9.84 Å². The fraction of sp³-hybridized carbons (Fsp3) is 0.846. The SMILES string of the molecule is CCCCn1nnnc1CN(CC)C1COCC1C(=O)O. The summed E-state index contributed by atoms with van der Waals surface area (Å²) in [5.74, 6) is -0.507. The van der Waals surface area contributed by atoms with Gasteiger partial charge in [0.25, 0.3) is 0 Å². The number of rotatable bonds is 8. The van der Waals surface area contributed by atoms with Crippen molar-refractivity contribution in [1.29, 1.82) is 0 Å². The molecule has 1 aliphatic rings. The highest BCUT2D eigenvalue weighted by molar-refractivity contribution is 5.71. The Labute approximate surface area is 124 Å². The third kappa shape index (κ3) is 3.76. The average molecular weight is 297 g/mol. The van der Waals surface area contributed by atoms with Gasteiger partial charge in [-0.2, -0.15) is 0 Å². The summed E-state index contributed by atoms with van der Waals surface area (Å²) >= 11 is 0. The van der Waals surface area contributed by atoms with E-state index in [-0.39, 0.29) is 12.6 Å². The van der Waals surface area contributed by atoms with Gasteiger partial charge in [0.1, 0.15) is 0 Å². The second-order valence-electron chi connectivity index (χ2n) is 5.28. The van der Waals surface area contributed by atoms with Gasteiger partial charge in [-0.1, -0.05) is 20.3 Å². The monoisotopic (exact) mass is 297 g/mol. The van der Waals surface area contributed by atoms with Crippen LogP contribution in [0.25, 0.3) is 0 Å². The average Bonchev–Trinajstić information content (AvgIpc) is 3.11. The number of hydrogen-bond donors (Lipinski definition) is 1. The molecule has 1 N–H and O–H groups in total. The topological polar surface area (TPSA) is 93.4 Å². The van der Waals surface area contributed by atoms with Crippen LogP contribution in [0.15, 0.2) is 0 Å². The van der Waals surface area contributed by atoms with E-state index in [0.717, 1.165) is 31.8 Å². The van der Waals surface area contributed by atoms with Gasteiger partial charge in [-0.3, -0.25) is 9.69 Å². The molecule has 1 aromatic rings. The Bertz CT molecular complexity index is 464. The van der Waals surface area contributed by atoms with Gasteiger partial charge in [0, 0.05) is 12.6 Å². The molecule has 2 heterocycles. The first-order chi connectivity index (χ1) is 10.2. The van der Waals surface area contributed by atoms with E-state index >= 15 is 0 Å². The molecule has 8 heteroatoms. The summed E-state index contributed by atoms with van der Waals surface area (Å²) in [6.45, 7) is 6.93. The molecule has 2 atom stereocenters. The predicted octanol–water partition coefficient (Wildman–Crippen LogP) is 0.395. The fourth-order valence-corrected chi connectivity index (χ4v) is 2.60. The quantitative estimate of drug-likeness (QED) is 0.742. The number of carboxylic acid groups (broad SMARTS) is 1. The second-order valence-corrected chi connectivity index (χ2v) is 5.28.